The van der Waals surface area contributed by atoms with Gasteiger partial charge in [-0.1, -0.05) is 65.1 Å². The molecule has 1 aromatic rings. The Kier molecular flexibility index (Phi) is 7.24. The van der Waals surface area contributed by atoms with Gasteiger partial charge in [0.15, 0.2) is 0 Å². The lowest BCUT2D eigenvalue weighted by atomic mass is 10.1. The van der Waals surface area contributed by atoms with Gasteiger partial charge in [0, 0.05) is 6.61 Å². The molecular weight excluding hydrogens is 282 g/mol. The first-order valence-corrected chi connectivity index (χ1v) is 6.47. The Morgan fingerprint density at radius 3 is 2.35 bits per heavy atom. The molecule has 0 aliphatic rings. The number of benzene rings is 1. The molecule has 96 valence electrons. The van der Waals surface area contributed by atoms with Crippen molar-refractivity contribution in [1.29, 1.82) is 0 Å². The molecule has 0 N–H and O–H groups in total. The topological polar surface area (TPSA) is 18.5 Å². The molecule has 0 saturated carbocycles. The summed E-state index contributed by atoms with van der Waals surface area (Å²) in [5.41, 5.74) is 1.30. The maximum absolute atomic E-state index is 5.50. The highest BCUT2D eigenvalue weighted by molar-refractivity contribution is 6.67. The Morgan fingerprint density at radius 2 is 1.71 bits per heavy atom. The fraction of sp³-hybridized carbons (Fsp3) is 0.500. The number of aryl methyl sites for hydroxylation is 1. The van der Waals surface area contributed by atoms with E-state index in [1.54, 1.807) is 0 Å². The third-order valence-corrected chi connectivity index (χ3v) is 2.36. The SMILES string of the molecule is ClC(Cl)(Cl)COCOCCCc1ccccc1. The fourth-order valence-electron chi connectivity index (χ4n) is 1.30. The number of halogens is 3. The van der Waals surface area contributed by atoms with Crippen LogP contribution in [0.1, 0.15) is 12.0 Å². The Morgan fingerprint density at radius 1 is 1.00 bits per heavy atom. The molecule has 17 heavy (non-hydrogen) atoms. The van der Waals surface area contributed by atoms with E-state index in [-0.39, 0.29) is 13.4 Å². The second-order valence-electron chi connectivity index (χ2n) is 3.58. The predicted molar refractivity (Wildman–Crippen MR) is 71.8 cm³/mol. The van der Waals surface area contributed by atoms with E-state index in [1.165, 1.54) is 5.56 Å². The van der Waals surface area contributed by atoms with Gasteiger partial charge in [-0.3, -0.25) is 0 Å². The Bertz CT molecular complexity index is 298. The first-order valence-electron chi connectivity index (χ1n) is 5.34. The van der Waals surface area contributed by atoms with Crippen molar-refractivity contribution in [3.63, 3.8) is 0 Å². The highest BCUT2D eigenvalue weighted by Crippen LogP contribution is 2.25. The van der Waals surface area contributed by atoms with Crippen LogP contribution in [-0.4, -0.2) is 23.8 Å². The van der Waals surface area contributed by atoms with Gasteiger partial charge in [-0.25, -0.2) is 0 Å². The summed E-state index contributed by atoms with van der Waals surface area (Å²) in [5.74, 6) is 0. The summed E-state index contributed by atoms with van der Waals surface area (Å²) < 4.78 is 8.92. The van der Waals surface area contributed by atoms with Crippen molar-refractivity contribution in [2.45, 2.75) is 16.6 Å². The predicted octanol–water partition coefficient (Wildman–Crippen LogP) is 3.98. The molecule has 2 nitrogen and oxygen atoms in total. The number of alkyl halides is 3. The third kappa shape index (κ3) is 8.70. The molecule has 1 aromatic carbocycles. The highest BCUT2D eigenvalue weighted by Gasteiger charge is 2.19. The van der Waals surface area contributed by atoms with Crippen molar-refractivity contribution in [2.75, 3.05) is 20.0 Å². The Balaban J connectivity index is 1.95. The van der Waals surface area contributed by atoms with E-state index in [0.29, 0.717) is 6.61 Å². The summed E-state index contributed by atoms with van der Waals surface area (Å²) in [6.07, 6.45) is 1.94. The van der Waals surface area contributed by atoms with Crippen LogP contribution < -0.4 is 0 Å². The van der Waals surface area contributed by atoms with E-state index in [4.69, 9.17) is 44.3 Å². The molecule has 5 heteroatoms. The second-order valence-corrected chi connectivity index (χ2v) is 6.09. The van der Waals surface area contributed by atoms with Crippen molar-refractivity contribution < 1.29 is 9.47 Å². The van der Waals surface area contributed by atoms with Gasteiger partial charge in [0.1, 0.15) is 6.79 Å². The summed E-state index contributed by atoms with van der Waals surface area (Å²) >= 11 is 16.5. The summed E-state index contributed by atoms with van der Waals surface area (Å²) in [6, 6.07) is 10.3. The quantitative estimate of drug-likeness (QED) is 0.430. The Labute approximate surface area is 117 Å². The summed E-state index contributed by atoms with van der Waals surface area (Å²) in [5, 5.41) is 0. The van der Waals surface area contributed by atoms with Crippen LogP contribution in [0.15, 0.2) is 30.3 Å². The minimum absolute atomic E-state index is 0.0380. The van der Waals surface area contributed by atoms with Crippen LogP contribution in [0, 0.1) is 0 Å². The van der Waals surface area contributed by atoms with E-state index < -0.39 is 3.79 Å². The maximum atomic E-state index is 5.50. The molecular formula is C12H15Cl3O2. The molecule has 0 atom stereocenters. The Hall–Kier alpha value is 0.01000. The first-order chi connectivity index (χ1) is 8.08. The van der Waals surface area contributed by atoms with Crippen molar-refractivity contribution in [1.82, 2.24) is 0 Å². The standard InChI is InChI=1S/C12H15Cl3O2/c13-12(14,15)9-17-10-16-8-4-7-11-5-2-1-3-6-11/h1-3,5-6H,4,7-10H2. The van der Waals surface area contributed by atoms with Crippen LogP contribution in [-0.2, 0) is 15.9 Å². The van der Waals surface area contributed by atoms with Gasteiger partial charge in [-0.15, -0.1) is 0 Å². The average Bonchev–Trinajstić information content (AvgIpc) is 2.28. The zero-order chi connectivity index (χ0) is 12.6. The first kappa shape index (κ1) is 15.1. The monoisotopic (exact) mass is 296 g/mol. The largest absolute Gasteiger partial charge is 0.355 e. The van der Waals surface area contributed by atoms with E-state index in [9.17, 15) is 0 Å². The molecule has 0 unspecified atom stereocenters. The molecule has 0 bridgehead atoms. The van der Waals surface area contributed by atoms with Gasteiger partial charge in [0.05, 0.1) is 6.61 Å². The molecule has 0 aliphatic carbocycles. The molecule has 1 rings (SSSR count). The molecule has 0 spiro atoms. The van der Waals surface area contributed by atoms with Crippen LogP contribution in [0.5, 0.6) is 0 Å². The number of ether oxygens (including phenoxy) is 2. The molecule has 0 radical (unpaired) electrons. The van der Waals surface area contributed by atoms with E-state index >= 15 is 0 Å². The molecule has 0 heterocycles. The van der Waals surface area contributed by atoms with Crippen LogP contribution in [0.25, 0.3) is 0 Å². The van der Waals surface area contributed by atoms with Crippen LogP contribution in [0.3, 0.4) is 0 Å². The molecule has 0 aliphatic heterocycles. The van der Waals surface area contributed by atoms with Gasteiger partial charge < -0.3 is 9.47 Å². The second kappa shape index (κ2) is 8.17. The van der Waals surface area contributed by atoms with Gasteiger partial charge in [0.2, 0.25) is 3.79 Å². The summed E-state index contributed by atoms with van der Waals surface area (Å²) in [6.45, 7) is 0.827. The lowest BCUT2D eigenvalue weighted by molar-refractivity contribution is -0.0525. The number of hydrogen-bond donors (Lipinski definition) is 0. The summed E-state index contributed by atoms with van der Waals surface area (Å²) in [4.78, 5) is 0. The zero-order valence-corrected chi connectivity index (χ0v) is 11.6. The fourth-order valence-corrected chi connectivity index (χ4v) is 1.53. The van der Waals surface area contributed by atoms with E-state index in [1.807, 2.05) is 18.2 Å². The number of rotatable bonds is 7. The van der Waals surface area contributed by atoms with Gasteiger partial charge >= 0.3 is 0 Å². The molecule has 0 aromatic heterocycles. The smallest absolute Gasteiger partial charge is 0.213 e. The lowest BCUT2D eigenvalue weighted by Crippen LogP contribution is -2.14. The average molecular weight is 298 g/mol. The normalized spacial score (nSPS) is 11.7. The van der Waals surface area contributed by atoms with Crippen LogP contribution in [0.4, 0.5) is 0 Å². The van der Waals surface area contributed by atoms with Crippen molar-refractivity contribution in [2.24, 2.45) is 0 Å². The van der Waals surface area contributed by atoms with Crippen LogP contribution in [0.2, 0.25) is 0 Å². The van der Waals surface area contributed by atoms with Gasteiger partial charge in [0.25, 0.3) is 0 Å². The lowest BCUT2D eigenvalue weighted by Gasteiger charge is -2.11. The van der Waals surface area contributed by atoms with Crippen molar-refractivity contribution >= 4 is 34.8 Å². The molecule has 0 saturated heterocycles. The minimum Gasteiger partial charge on any atom is -0.355 e. The van der Waals surface area contributed by atoms with E-state index in [2.05, 4.69) is 12.1 Å². The third-order valence-electron chi connectivity index (χ3n) is 2.03. The molecule has 0 fully saturated rings. The van der Waals surface area contributed by atoms with Crippen molar-refractivity contribution in [3.05, 3.63) is 35.9 Å². The zero-order valence-electron chi connectivity index (χ0n) is 9.37. The van der Waals surface area contributed by atoms with Gasteiger partial charge in [-0.05, 0) is 18.4 Å². The summed E-state index contributed by atoms with van der Waals surface area (Å²) in [7, 11) is 0. The van der Waals surface area contributed by atoms with Gasteiger partial charge in [-0.2, -0.15) is 0 Å². The van der Waals surface area contributed by atoms with E-state index in [0.717, 1.165) is 12.8 Å². The number of hydrogen-bond acceptors (Lipinski definition) is 2. The van der Waals surface area contributed by atoms with Crippen LogP contribution >= 0.6 is 34.8 Å². The maximum Gasteiger partial charge on any atom is 0.213 e. The highest BCUT2D eigenvalue weighted by atomic mass is 35.6. The van der Waals surface area contributed by atoms with Crippen molar-refractivity contribution in [3.8, 4) is 0 Å². The molecule has 0 amide bonds. The minimum atomic E-state index is -1.37.